The van der Waals surface area contributed by atoms with E-state index in [1.807, 2.05) is 0 Å². The number of amides is 2. The van der Waals surface area contributed by atoms with Crippen molar-refractivity contribution in [2.45, 2.75) is 18.7 Å². The van der Waals surface area contributed by atoms with Crippen LogP contribution in [0.25, 0.3) is 0 Å². The average molecular weight is 357 g/mol. The van der Waals surface area contributed by atoms with Gasteiger partial charge in [0.15, 0.2) is 0 Å². The second kappa shape index (κ2) is 7.21. The van der Waals surface area contributed by atoms with Crippen LogP contribution in [0, 0.1) is 0 Å². The number of para-hydroxylation sites is 1. The van der Waals surface area contributed by atoms with Crippen LogP contribution in [0.15, 0.2) is 42.1 Å². The first-order chi connectivity index (χ1) is 12.5. The molecule has 2 amide bonds. The molecule has 0 saturated carbocycles. The average Bonchev–Trinajstić information content (AvgIpc) is 3.02. The number of nitrogens with one attached hydrogen (secondary N) is 1. The molecular weight excluding hydrogens is 334 g/mol. The number of carbonyl (C=O) groups is 2. The predicted octanol–water partition coefficient (Wildman–Crippen LogP) is 1.84. The third-order valence-electron chi connectivity index (χ3n) is 4.59. The minimum atomic E-state index is -0.400. The molecule has 0 bridgehead atoms. The Morgan fingerprint density at radius 1 is 1.35 bits per heavy atom. The summed E-state index contributed by atoms with van der Waals surface area (Å²) < 4.78 is 11.0. The van der Waals surface area contributed by atoms with E-state index in [-0.39, 0.29) is 17.9 Å². The van der Waals surface area contributed by atoms with Gasteiger partial charge >= 0.3 is 0 Å². The lowest BCUT2D eigenvalue weighted by atomic mass is 10.1. The van der Waals surface area contributed by atoms with Crippen LogP contribution in [0.1, 0.15) is 16.8 Å². The maximum absolute atomic E-state index is 13.1. The lowest BCUT2D eigenvalue weighted by Gasteiger charge is -2.27. The smallest absolute Gasteiger partial charge is 0.260 e. The first-order valence-corrected chi connectivity index (χ1v) is 8.35. The molecular formula is C19H23N3O4. The number of carbonyl (C=O) groups excluding carboxylic acids is 2. The lowest BCUT2D eigenvalue weighted by Crippen LogP contribution is -2.43. The van der Waals surface area contributed by atoms with Crippen molar-refractivity contribution in [1.29, 1.82) is 0 Å². The Kier molecular flexibility index (Phi) is 4.99. The third-order valence-corrected chi connectivity index (χ3v) is 4.59. The van der Waals surface area contributed by atoms with Gasteiger partial charge in [-0.3, -0.25) is 9.59 Å². The standard InChI is InChI=1S/C19H23N3O4/c1-21(2)16(23)9-8-12-10-14-18(26-4)20-17-13(19(24)22(14)11-12)6-5-7-15(17)25-3/h5-9,11,14,18,20H,10H2,1-4H3/b9-8+. The Morgan fingerprint density at radius 3 is 2.77 bits per heavy atom. The highest BCUT2D eigenvalue weighted by Crippen LogP contribution is 2.37. The molecule has 2 atom stereocenters. The van der Waals surface area contributed by atoms with Gasteiger partial charge in [0.25, 0.3) is 5.91 Å². The second-order valence-corrected chi connectivity index (χ2v) is 6.44. The summed E-state index contributed by atoms with van der Waals surface area (Å²) in [4.78, 5) is 28.0. The van der Waals surface area contributed by atoms with Crippen LogP contribution in [0.2, 0.25) is 0 Å². The molecule has 0 aliphatic carbocycles. The van der Waals surface area contributed by atoms with Crippen molar-refractivity contribution in [3.05, 3.63) is 47.7 Å². The van der Waals surface area contributed by atoms with E-state index in [4.69, 9.17) is 9.47 Å². The number of allylic oxidation sites excluding steroid dienone is 1. The Bertz CT molecular complexity index is 785. The predicted molar refractivity (Wildman–Crippen MR) is 97.9 cm³/mol. The van der Waals surface area contributed by atoms with Gasteiger partial charge in [-0.05, 0) is 24.1 Å². The van der Waals surface area contributed by atoms with Crippen LogP contribution in [0.4, 0.5) is 5.69 Å². The highest BCUT2D eigenvalue weighted by atomic mass is 16.5. The zero-order valence-corrected chi connectivity index (χ0v) is 15.4. The highest BCUT2D eigenvalue weighted by Gasteiger charge is 2.40. The number of nitrogens with zero attached hydrogens (tertiary/aromatic N) is 2. The Hall–Kier alpha value is -2.80. The van der Waals surface area contributed by atoms with Crippen molar-refractivity contribution >= 4 is 17.5 Å². The fraction of sp³-hybridized carbons (Fsp3) is 0.368. The van der Waals surface area contributed by atoms with Crippen molar-refractivity contribution in [3.63, 3.8) is 0 Å². The number of methoxy groups -OCH3 is 2. The molecule has 0 radical (unpaired) electrons. The number of benzene rings is 1. The number of hydrogen-bond acceptors (Lipinski definition) is 5. The van der Waals surface area contributed by atoms with Crippen LogP contribution in [0.5, 0.6) is 5.75 Å². The molecule has 1 aromatic carbocycles. The molecule has 0 aromatic heterocycles. The van der Waals surface area contributed by atoms with E-state index in [2.05, 4.69) is 5.32 Å². The summed E-state index contributed by atoms with van der Waals surface area (Å²) in [5.41, 5.74) is 2.06. The summed E-state index contributed by atoms with van der Waals surface area (Å²) in [6.07, 6.45) is 5.24. The number of rotatable bonds is 4. The first-order valence-electron chi connectivity index (χ1n) is 8.35. The molecule has 138 valence electrons. The van der Waals surface area contributed by atoms with Crippen molar-refractivity contribution in [2.75, 3.05) is 33.6 Å². The van der Waals surface area contributed by atoms with Crippen LogP contribution < -0.4 is 10.1 Å². The van der Waals surface area contributed by atoms with Gasteiger partial charge in [-0.25, -0.2) is 0 Å². The summed E-state index contributed by atoms with van der Waals surface area (Å²) >= 11 is 0. The van der Waals surface area contributed by atoms with Gasteiger partial charge in [0.05, 0.1) is 24.4 Å². The normalized spacial score (nSPS) is 21.6. The summed E-state index contributed by atoms with van der Waals surface area (Å²) in [5.74, 6) is 0.369. The molecule has 0 fully saturated rings. The molecule has 26 heavy (non-hydrogen) atoms. The van der Waals surface area contributed by atoms with Crippen molar-refractivity contribution < 1.29 is 19.1 Å². The molecule has 2 aliphatic heterocycles. The fourth-order valence-corrected chi connectivity index (χ4v) is 3.19. The molecule has 0 spiro atoms. The van der Waals surface area contributed by atoms with Crippen LogP contribution in [-0.4, -0.2) is 62.2 Å². The monoisotopic (exact) mass is 357 g/mol. The maximum atomic E-state index is 13.1. The molecule has 7 heteroatoms. The molecule has 1 N–H and O–H groups in total. The highest BCUT2D eigenvalue weighted by molar-refractivity contribution is 6.02. The molecule has 2 aliphatic rings. The number of hydrogen-bond donors (Lipinski definition) is 1. The first kappa shape index (κ1) is 18.0. The van der Waals surface area contributed by atoms with Gasteiger partial charge in [-0.15, -0.1) is 0 Å². The van der Waals surface area contributed by atoms with Gasteiger partial charge < -0.3 is 24.6 Å². The zero-order chi connectivity index (χ0) is 18.8. The Labute approximate surface area is 152 Å². The van der Waals surface area contributed by atoms with Gasteiger partial charge in [0.1, 0.15) is 12.0 Å². The zero-order valence-electron chi connectivity index (χ0n) is 15.4. The summed E-state index contributed by atoms with van der Waals surface area (Å²) in [5, 5.41) is 3.29. The molecule has 0 saturated heterocycles. The molecule has 3 rings (SSSR count). The van der Waals surface area contributed by atoms with Gasteiger partial charge in [-0.2, -0.15) is 0 Å². The van der Waals surface area contributed by atoms with Crippen molar-refractivity contribution in [3.8, 4) is 5.75 Å². The molecule has 2 unspecified atom stereocenters. The molecule has 7 nitrogen and oxygen atoms in total. The Balaban J connectivity index is 1.95. The van der Waals surface area contributed by atoms with E-state index in [9.17, 15) is 9.59 Å². The minimum Gasteiger partial charge on any atom is -0.495 e. The SMILES string of the molecule is COc1cccc2c1NC(OC)C1CC(/C=C/C(=O)N(C)C)=CN1C2=O. The van der Waals surface area contributed by atoms with E-state index < -0.39 is 6.23 Å². The van der Waals surface area contributed by atoms with Crippen LogP contribution >= 0.6 is 0 Å². The number of likely N-dealkylation sites (N-methyl/N-ethyl adjacent to an activating group) is 1. The number of ether oxygens (including phenoxy) is 2. The van der Waals surface area contributed by atoms with E-state index in [0.29, 0.717) is 23.4 Å². The maximum Gasteiger partial charge on any atom is 0.260 e. The van der Waals surface area contributed by atoms with Gasteiger partial charge in [0, 0.05) is 33.5 Å². The van der Waals surface area contributed by atoms with Crippen molar-refractivity contribution in [1.82, 2.24) is 9.80 Å². The topological polar surface area (TPSA) is 71.1 Å². The minimum absolute atomic E-state index is 0.101. The van der Waals surface area contributed by atoms with E-state index in [1.54, 1.807) is 63.7 Å². The van der Waals surface area contributed by atoms with E-state index in [1.165, 1.54) is 11.0 Å². The van der Waals surface area contributed by atoms with Crippen LogP contribution in [-0.2, 0) is 9.53 Å². The summed E-state index contributed by atoms with van der Waals surface area (Å²) in [6, 6.07) is 5.15. The summed E-state index contributed by atoms with van der Waals surface area (Å²) in [7, 11) is 6.56. The number of fused-ring (bicyclic) bond motifs is 2. The van der Waals surface area contributed by atoms with Crippen molar-refractivity contribution in [2.24, 2.45) is 0 Å². The molecule has 1 aromatic rings. The third kappa shape index (κ3) is 3.17. The molecule has 2 heterocycles. The van der Waals surface area contributed by atoms with E-state index in [0.717, 1.165) is 5.57 Å². The largest absolute Gasteiger partial charge is 0.495 e. The fourth-order valence-electron chi connectivity index (χ4n) is 3.19. The lowest BCUT2D eigenvalue weighted by molar-refractivity contribution is -0.123. The van der Waals surface area contributed by atoms with E-state index >= 15 is 0 Å². The quantitative estimate of drug-likeness (QED) is 0.833. The number of anilines is 1. The van der Waals surface area contributed by atoms with Gasteiger partial charge in [0.2, 0.25) is 5.91 Å². The Morgan fingerprint density at radius 2 is 2.12 bits per heavy atom. The van der Waals surface area contributed by atoms with Gasteiger partial charge in [-0.1, -0.05) is 12.1 Å². The second-order valence-electron chi connectivity index (χ2n) is 6.44. The summed E-state index contributed by atoms with van der Waals surface area (Å²) in [6.45, 7) is 0. The van der Waals surface area contributed by atoms with Crippen LogP contribution in [0.3, 0.4) is 0 Å².